The number of aryl methyl sites for hydroxylation is 1. The van der Waals surface area contributed by atoms with Gasteiger partial charge in [-0.25, -0.2) is 8.42 Å². The lowest BCUT2D eigenvalue weighted by Crippen LogP contribution is -2.34. The van der Waals surface area contributed by atoms with Crippen LogP contribution in [0.15, 0.2) is 71.6 Å². The van der Waals surface area contributed by atoms with E-state index in [1.165, 1.54) is 19.2 Å². The number of esters is 1. The summed E-state index contributed by atoms with van der Waals surface area (Å²) in [6, 6.07) is 19.5. The molecule has 0 fully saturated rings. The van der Waals surface area contributed by atoms with Gasteiger partial charge in [-0.2, -0.15) is 4.31 Å². The first-order valence-electron chi connectivity index (χ1n) is 9.23. The van der Waals surface area contributed by atoms with Crippen LogP contribution in [0.5, 0.6) is 0 Å². The molecule has 30 heavy (non-hydrogen) atoms. The Balaban J connectivity index is 1.52. The minimum absolute atomic E-state index is 0.0810. The molecule has 3 aromatic carbocycles. The van der Waals surface area contributed by atoms with Crippen LogP contribution in [0.25, 0.3) is 10.8 Å². The maximum atomic E-state index is 12.5. The lowest BCUT2D eigenvalue weighted by Gasteiger charge is -2.16. The second-order valence-corrected chi connectivity index (χ2v) is 8.89. The monoisotopic (exact) mass is 426 g/mol. The van der Waals surface area contributed by atoms with E-state index in [-0.39, 0.29) is 4.90 Å². The molecule has 0 bridgehead atoms. The summed E-state index contributed by atoms with van der Waals surface area (Å²) in [6.45, 7) is 0.837. The number of carbonyl (C=O) groups is 2. The molecule has 0 aliphatic rings. The normalized spacial score (nSPS) is 11.4. The van der Waals surface area contributed by atoms with Gasteiger partial charge < -0.3 is 10.1 Å². The molecule has 0 aromatic heterocycles. The van der Waals surface area contributed by atoms with Crippen LogP contribution in [0.4, 0.5) is 5.69 Å². The summed E-state index contributed by atoms with van der Waals surface area (Å²) < 4.78 is 30.8. The van der Waals surface area contributed by atoms with Crippen LogP contribution >= 0.6 is 0 Å². The lowest BCUT2D eigenvalue weighted by atomic mass is 10.1. The smallest absolute Gasteiger partial charge is 0.321 e. The van der Waals surface area contributed by atoms with E-state index in [1.54, 1.807) is 18.2 Å². The third kappa shape index (κ3) is 5.22. The van der Waals surface area contributed by atoms with Gasteiger partial charge in [-0.05, 0) is 42.0 Å². The predicted molar refractivity (Wildman–Crippen MR) is 115 cm³/mol. The molecule has 156 valence electrons. The zero-order chi connectivity index (χ0) is 21.7. The molecular weight excluding hydrogens is 404 g/mol. The van der Waals surface area contributed by atoms with Crippen molar-refractivity contribution in [1.82, 2.24) is 4.31 Å². The standard InChI is InChI=1S/C22H22N2O5S/c1-16-7-11-20(12-8-16)30(27,28)24(2)14-22(26)29-15-21(25)23-19-10-9-17-5-3-4-6-18(17)13-19/h3-13H,14-15H2,1-2H3,(H,23,25). The van der Waals surface area contributed by atoms with E-state index in [4.69, 9.17) is 4.74 Å². The average molecular weight is 426 g/mol. The van der Waals surface area contributed by atoms with Crippen LogP contribution in [0.3, 0.4) is 0 Å². The fourth-order valence-electron chi connectivity index (χ4n) is 2.81. The summed E-state index contributed by atoms with van der Waals surface area (Å²) in [6.07, 6.45) is 0. The summed E-state index contributed by atoms with van der Waals surface area (Å²) in [5.74, 6) is -1.33. The van der Waals surface area contributed by atoms with E-state index in [0.717, 1.165) is 20.6 Å². The van der Waals surface area contributed by atoms with Crippen LogP contribution in [-0.4, -0.2) is 44.8 Å². The Morgan fingerprint density at radius 3 is 2.33 bits per heavy atom. The van der Waals surface area contributed by atoms with E-state index < -0.39 is 35.1 Å². The summed E-state index contributed by atoms with van der Waals surface area (Å²) in [5.41, 5.74) is 1.50. The van der Waals surface area contributed by atoms with Crippen LogP contribution in [0.2, 0.25) is 0 Å². The zero-order valence-electron chi connectivity index (χ0n) is 16.7. The second kappa shape index (κ2) is 9.06. The molecule has 8 heteroatoms. The van der Waals surface area contributed by atoms with Gasteiger partial charge in [-0.3, -0.25) is 9.59 Å². The summed E-state index contributed by atoms with van der Waals surface area (Å²) in [7, 11) is -2.54. The van der Waals surface area contributed by atoms with Crippen molar-refractivity contribution in [2.75, 3.05) is 25.5 Å². The number of benzene rings is 3. The molecule has 0 spiro atoms. The van der Waals surface area contributed by atoms with E-state index >= 15 is 0 Å². The van der Waals surface area contributed by atoms with E-state index in [0.29, 0.717) is 5.69 Å². The summed E-state index contributed by atoms with van der Waals surface area (Å²) in [4.78, 5) is 24.2. The second-order valence-electron chi connectivity index (χ2n) is 6.84. The molecule has 1 N–H and O–H groups in total. The maximum Gasteiger partial charge on any atom is 0.321 e. The quantitative estimate of drug-likeness (QED) is 0.587. The number of amides is 1. The number of ether oxygens (including phenoxy) is 1. The summed E-state index contributed by atoms with van der Waals surface area (Å²) >= 11 is 0. The van der Waals surface area contributed by atoms with Crippen molar-refractivity contribution < 1.29 is 22.7 Å². The minimum atomic E-state index is -3.83. The molecule has 0 saturated carbocycles. The molecule has 0 unspecified atom stereocenters. The minimum Gasteiger partial charge on any atom is -0.455 e. The Hall–Kier alpha value is -3.23. The molecule has 3 rings (SSSR count). The maximum absolute atomic E-state index is 12.5. The third-order valence-corrected chi connectivity index (χ3v) is 6.30. The Bertz CT molecular complexity index is 1170. The molecule has 0 atom stereocenters. The average Bonchev–Trinajstić information content (AvgIpc) is 2.72. The largest absolute Gasteiger partial charge is 0.455 e. The Kier molecular flexibility index (Phi) is 6.49. The van der Waals surface area contributed by atoms with E-state index in [2.05, 4.69) is 5.32 Å². The van der Waals surface area contributed by atoms with Crippen LogP contribution in [0.1, 0.15) is 5.56 Å². The lowest BCUT2D eigenvalue weighted by molar-refractivity contribution is -0.147. The van der Waals surface area contributed by atoms with Crippen molar-refractivity contribution in [3.63, 3.8) is 0 Å². The van der Waals surface area contributed by atoms with Gasteiger partial charge in [0.1, 0.15) is 6.54 Å². The van der Waals surface area contributed by atoms with Crippen molar-refractivity contribution >= 4 is 38.4 Å². The van der Waals surface area contributed by atoms with Gasteiger partial charge in [0, 0.05) is 12.7 Å². The number of hydrogen-bond donors (Lipinski definition) is 1. The highest BCUT2D eigenvalue weighted by atomic mass is 32.2. The van der Waals surface area contributed by atoms with Crippen molar-refractivity contribution in [1.29, 1.82) is 0 Å². The third-order valence-electron chi connectivity index (χ3n) is 4.48. The van der Waals surface area contributed by atoms with Gasteiger partial charge in [0.25, 0.3) is 5.91 Å². The van der Waals surface area contributed by atoms with Gasteiger partial charge in [0.05, 0.1) is 4.90 Å². The highest BCUT2D eigenvalue weighted by Gasteiger charge is 2.23. The van der Waals surface area contributed by atoms with Crippen molar-refractivity contribution in [3.05, 3.63) is 72.3 Å². The van der Waals surface area contributed by atoms with Gasteiger partial charge in [-0.1, -0.05) is 48.0 Å². The van der Waals surface area contributed by atoms with Gasteiger partial charge in [0.2, 0.25) is 10.0 Å². The first kappa shape index (κ1) is 21.5. The first-order valence-corrected chi connectivity index (χ1v) is 10.7. The van der Waals surface area contributed by atoms with Crippen LogP contribution in [0, 0.1) is 6.92 Å². The fraction of sp³-hybridized carbons (Fsp3) is 0.182. The topological polar surface area (TPSA) is 92.8 Å². The highest BCUT2D eigenvalue weighted by molar-refractivity contribution is 7.89. The molecule has 0 radical (unpaired) electrons. The van der Waals surface area contributed by atoms with Crippen LogP contribution in [-0.2, 0) is 24.3 Å². The van der Waals surface area contributed by atoms with Crippen molar-refractivity contribution in [2.24, 2.45) is 0 Å². The highest BCUT2D eigenvalue weighted by Crippen LogP contribution is 2.19. The molecule has 0 aliphatic heterocycles. The zero-order valence-corrected chi connectivity index (χ0v) is 17.5. The van der Waals surface area contributed by atoms with Gasteiger partial charge in [-0.15, -0.1) is 0 Å². The van der Waals surface area contributed by atoms with Crippen LogP contribution < -0.4 is 5.32 Å². The molecule has 0 heterocycles. The first-order chi connectivity index (χ1) is 14.3. The number of nitrogens with zero attached hydrogens (tertiary/aromatic N) is 1. The number of fused-ring (bicyclic) bond motifs is 1. The molecule has 0 aliphatic carbocycles. The van der Waals surface area contributed by atoms with E-state index in [9.17, 15) is 18.0 Å². The Labute approximate surface area is 175 Å². The number of carbonyl (C=O) groups excluding carboxylic acids is 2. The molecule has 3 aromatic rings. The molecule has 0 saturated heterocycles. The SMILES string of the molecule is Cc1ccc(S(=O)(=O)N(C)CC(=O)OCC(=O)Nc2ccc3ccccc3c2)cc1. The number of likely N-dealkylation sites (N-methyl/N-ethyl adjacent to an activating group) is 1. The summed E-state index contributed by atoms with van der Waals surface area (Å²) in [5, 5.41) is 4.67. The Morgan fingerprint density at radius 1 is 0.967 bits per heavy atom. The van der Waals surface area contributed by atoms with E-state index in [1.807, 2.05) is 43.3 Å². The predicted octanol–water partition coefficient (Wildman–Crippen LogP) is 2.95. The number of rotatable bonds is 7. The Morgan fingerprint density at radius 2 is 1.63 bits per heavy atom. The molecular formula is C22H22N2O5S. The van der Waals surface area contributed by atoms with Gasteiger partial charge in [0.15, 0.2) is 6.61 Å². The van der Waals surface area contributed by atoms with Crippen molar-refractivity contribution in [2.45, 2.75) is 11.8 Å². The number of nitrogens with one attached hydrogen (secondary N) is 1. The molecule has 1 amide bonds. The fourth-order valence-corrected chi connectivity index (χ4v) is 3.93. The number of anilines is 1. The number of hydrogen-bond acceptors (Lipinski definition) is 5. The molecule has 7 nitrogen and oxygen atoms in total. The van der Waals surface area contributed by atoms with Gasteiger partial charge >= 0.3 is 5.97 Å². The number of sulfonamides is 1. The van der Waals surface area contributed by atoms with Crippen molar-refractivity contribution in [3.8, 4) is 0 Å².